The molecule has 0 aromatic carbocycles. The molecule has 1 aromatic heterocycles. The van der Waals surface area contributed by atoms with Crippen LogP contribution in [-0.2, 0) is 11.3 Å². The van der Waals surface area contributed by atoms with Crippen LogP contribution in [-0.4, -0.2) is 39.8 Å². The first-order valence-electron chi connectivity index (χ1n) is 6.43. The van der Waals surface area contributed by atoms with Gasteiger partial charge < -0.3 is 10.1 Å². The second-order valence-corrected chi connectivity index (χ2v) is 4.96. The third kappa shape index (κ3) is 3.51. The molecule has 0 spiro atoms. The molecule has 1 aliphatic rings. The van der Waals surface area contributed by atoms with Crippen molar-refractivity contribution < 1.29 is 4.74 Å². The van der Waals surface area contributed by atoms with Crippen molar-refractivity contribution in [2.24, 2.45) is 0 Å². The summed E-state index contributed by atoms with van der Waals surface area (Å²) in [6.45, 7) is 7.08. The van der Waals surface area contributed by atoms with Crippen LogP contribution in [0.15, 0.2) is 12.4 Å². The topological polar surface area (TPSA) is 52.0 Å². The lowest BCUT2D eigenvalue weighted by Crippen LogP contribution is -2.45. The highest BCUT2D eigenvalue weighted by molar-refractivity contribution is 4.85. The van der Waals surface area contributed by atoms with E-state index in [1.54, 1.807) is 6.20 Å². The van der Waals surface area contributed by atoms with E-state index >= 15 is 0 Å². The molecule has 1 aromatic rings. The van der Waals surface area contributed by atoms with Crippen LogP contribution in [0.2, 0.25) is 0 Å². The van der Waals surface area contributed by atoms with Gasteiger partial charge in [0.25, 0.3) is 0 Å². The lowest BCUT2D eigenvalue weighted by atomic mass is 9.90. The molecule has 5 heteroatoms. The molecule has 1 fully saturated rings. The van der Waals surface area contributed by atoms with Gasteiger partial charge in [-0.05, 0) is 26.2 Å². The molecule has 17 heavy (non-hydrogen) atoms. The highest BCUT2D eigenvalue weighted by atomic mass is 16.5. The molecule has 0 saturated carbocycles. The van der Waals surface area contributed by atoms with Crippen molar-refractivity contribution >= 4 is 0 Å². The van der Waals surface area contributed by atoms with Crippen molar-refractivity contribution in [3.8, 4) is 0 Å². The van der Waals surface area contributed by atoms with Gasteiger partial charge in [0.2, 0.25) is 0 Å². The van der Waals surface area contributed by atoms with E-state index in [1.807, 2.05) is 10.9 Å². The molecule has 0 aliphatic carbocycles. The van der Waals surface area contributed by atoms with Gasteiger partial charge in [0, 0.05) is 25.4 Å². The molecule has 0 bridgehead atoms. The summed E-state index contributed by atoms with van der Waals surface area (Å²) in [6, 6.07) is 0.567. The first-order valence-corrected chi connectivity index (χ1v) is 6.43. The van der Waals surface area contributed by atoms with Crippen molar-refractivity contribution in [1.29, 1.82) is 0 Å². The number of aromatic nitrogens is 3. The largest absolute Gasteiger partial charge is 0.375 e. The second-order valence-electron chi connectivity index (χ2n) is 4.96. The summed E-state index contributed by atoms with van der Waals surface area (Å²) >= 11 is 0. The van der Waals surface area contributed by atoms with Crippen LogP contribution in [0.3, 0.4) is 0 Å². The van der Waals surface area contributed by atoms with Gasteiger partial charge in [0.15, 0.2) is 0 Å². The highest BCUT2D eigenvalue weighted by Crippen LogP contribution is 2.27. The van der Waals surface area contributed by atoms with Gasteiger partial charge in [0.1, 0.15) is 0 Å². The monoisotopic (exact) mass is 238 g/mol. The molecule has 0 radical (unpaired) electrons. The number of ether oxygens (including phenoxy) is 1. The average molecular weight is 238 g/mol. The maximum absolute atomic E-state index is 5.83. The van der Waals surface area contributed by atoms with Crippen LogP contribution in [0.1, 0.15) is 33.1 Å². The molecule has 96 valence electrons. The number of nitrogens with one attached hydrogen (secondary N) is 1. The molecule has 2 atom stereocenters. The van der Waals surface area contributed by atoms with Gasteiger partial charge in [-0.3, -0.25) is 4.68 Å². The van der Waals surface area contributed by atoms with Crippen molar-refractivity contribution in [1.82, 2.24) is 20.3 Å². The Kier molecular flexibility index (Phi) is 4.12. The predicted molar refractivity (Wildman–Crippen MR) is 65.7 cm³/mol. The Hall–Kier alpha value is -0.940. The van der Waals surface area contributed by atoms with E-state index in [0.717, 1.165) is 39.0 Å². The fourth-order valence-electron chi connectivity index (χ4n) is 2.29. The summed E-state index contributed by atoms with van der Waals surface area (Å²) in [4.78, 5) is 0. The van der Waals surface area contributed by atoms with Gasteiger partial charge in [-0.2, -0.15) is 0 Å². The zero-order chi connectivity index (χ0) is 12.1. The van der Waals surface area contributed by atoms with E-state index in [0.29, 0.717) is 6.04 Å². The van der Waals surface area contributed by atoms with Crippen molar-refractivity contribution in [2.45, 2.75) is 51.3 Å². The van der Waals surface area contributed by atoms with Crippen molar-refractivity contribution in [3.05, 3.63) is 12.4 Å². The Morgan fingerprint density at radius 2 is 2.47 bits per heavy atom. The quantitative estimate of drug-likeness (QED) is 0.838. The Bertz CT molecular complexity index is 327. The zero-order valence-corrected chi connectivity index (χ0v) is 10.7. The molecule has 2 rings (SSSR count). The van der Waals surface area contributed by atoms with Gasteiger partial charge >= 0.3 is 0 Å². The normalized spacial score (nSPS) is 29.4. The van der Waals surface area contributed by atoms with E-state index in [1.165, 1.54) is 0 Å². The Labute approximate surface area is 103 Å². The van der Waals surface area contributed by atoms with E-state index < -0.39 is 0 Å². The zero-order valence-electron chi connectivity index (χ0n) is 10.7. The summed E-state index contributed by atoms with van der Waals surface area (Å²) in [5, 5.41) is 11.3. The molecule has 5 nitrogen and oxygen atoms in total. The minimum atomic E-state index is 0.0587. The Balaban J connectivity index is 1.72. The summed E-state index contributed by atoms with van der Waals surface area (Å²) in [5.74, 6) is 0. The molecule has 1 aliphatic heterocycles. The van der Waals surface area contributed by atoms with Crippen LogP contribution in [0, 0.1) is 0 Å². The molecule has 1 N–H and O–H groups in total. The number of hydrogen-bond donors (Lipinski definition) is 1. The summed E-state index contributed by atoms with van der Waals surface area (Å²) in [7, 11) is 0. The van der Waals surface area contributed by atoms with E-state index in [9.17, 15) is 0 Å². The Morgan fingerprint density at radius 3 is 3.18 bits per heavy atom. The first-order chi connectivity index (χ1) is 8.22. The van der Waals surface area contributed by atoms with E-state index in [-0.39, 0.29) is 5.60 Å². The maximum Gasteiger partial charge on any atom is 0.0692 e. The van der Waals surface area contributed by atoms with Crippen LogP contribution in [0.4, 0.5) is 0 Å². The lowest BCUT2D eigenvalue weighted by Gasteiger charge is -2.38. The van der Waals surface area contributed by atoms with Crippen LogP contribution in [0.25, 0.3) is 0 Å². The fourth-order valence-corrected chi connectivity index (χ4v) is 2.29. The van der Waals surface area contributed by atoms with Gasteiger partial charge in [-0.15, -0.1) is 5.10 Å². The average Bonchev–Trinajstić information content (AvgIpc) is 2.82. The summed E-state index contributed by atoms with van der Waals surface area (Å²) in [5.41, 5.74) is 0.0587. The SMILES string of the molecule is CCC1(C)CC(NCCn2ccnn2)CCO1. The molecule has 2 unspecified atom stereocenters. The molecule has 2 heterocycles. The molecule has 0 amide bonds. The third-order valence-corrected chi connectivity index (χ3v) is 3.59. The standard InChI is InChI=1S/C12H22N4O/c1-3-12(2)10-11(4-9-17-12)13-5-7-16-8-6-14-15-16/h6,8,11,13H,3-5,7,9-10H2,1-2H3. The van der Waals surface area contributed by atoms with E-state index in [4.69, 9.17) is 4.74 Å². The minimum Gasteiger partial charge on any atom is -0.375 e. The predicted octanol–water partition coefficient (Wildman–Crippen LogP) is 1.22. The molecular weight excluding hydrogens is 216 g/mol. The summed E-state index contributed by atoms with van der Waals surface area (Å²) < 4.78 is 7.68. The molecule has 1 saturated heterocycles. The van der Waals surface area contributed by atoms with Crippen molar-refractivity contribution in [2.75, 3.05) is 13.2 Å². The first kappa shape index (κ1) is 12.5. The van der Waals surface area contributed by atoms with Crippen molar-refractivity contribution in [3.63, 3.8) is 0 Å². The van der Waals surface area contributed by atoms with Gasteiger partial charge in [-0.1, -0.05) is 12.1 Å². The lowest BCUT2D eigenvalue weighted by molar-refractivity contribution is -0.0779. The number of nitrogens with zero attached hydrogens (tertiary/aromatic N) is 3. The summed E-state index contributed by atoms with van der Waals surface area (Å²) in [6.07, 6.45) is 6.88. The number of rotatable bonds is 5. The van der Waals surface area contributed by atoms with Crippen LogP contribution < -0.4 is 5.32 Å². The third-order valence-electron chi connectivity index (χ3n) is 3.59. The van der Waals surface area contributed by atoms with E-state index in [2.05, 4.69) is 29.5 Å². The smallest absolute Gasteiger partial charge is 0.0692 e. The molecular formula is C12H22N4O. The van der Waals surface area contributed by atoms with Gasteiger partial charge in [-0.25, -0.2) is 0 Å². The van der Waals surface area contributed by atoms with Gasteiger partial charge in [0.05, 0.1) is 18.3 Å². The van der Waals surface area contributed by atoms with Crippen LogP contribution >= 0.6 is 0 Å². The second kappa shape index (κ2) is 5.60. The highest BCUT2D eigenvalue weighted by Gasteiger charge is 2.31. The Morgan fingerprint density at radius 1 is 1.59 bits per heavy atom. The van der Waals surface area contributed by atoms with Crippen LogP contribution in [0.5, 0.6) is 0 Å². The minimum absolute atomic E-state index is 0.0587. The number of hydrogen-bond acceptors (Lipinski definition) is 4. The maximum atomic E-state index is 5.83. The fraction of sp³-hybridized carbons (Fsp3) is 0.833.